The molecule has 0 radical (unpaired) electrons. The number of anilines is 2. The standard InChI is InChI=1S/C25H23Cl2N5O/c26-17-6-7-21-19(12-17)24(16-5-8-23(29-13-16)32-10-9-18(28)14-32)30-22(25(33)31-21)11-15-3-1-2-4-20(15)27/h1-8,12-13,18,22H,9-11,14,28H2,(H,31,33). The first-order valence-electron chi connectivity index (χ1n) is 10.9. The first-order chi connectivity index (χ1) is 16.0. The number of rotatable bonds is 4. The Morgan fingerprint density at radius 2 is 1.97 bits per heavy atom. The van der Waals surface area contributed by atoms with Crippen LogP contribution in [-0.4, -0.2) is 41.8 Å². The highest BCUT2D eigenvalue weighted by molar-refractivity contribution is 6.32. The van der Waals surface area contributed by atoms with Gasteiger partial charge in [0, 0.05) is 52.9 Å². The molecule has 3 N–H and O–H groups in total. The number of hydrogen-bond donors (Lipinski definition) is 2. The van der Waals surface area contributed by atoms with Gasteiger partial charge in [-0.05, 0) is 48.4 Å². The van der Waals surface area contributed by atoms with E-state index in [9.17, 15) is 4.79 Å². The molecule has 0 saturated carbocycles. The average Bonchev–Trinajstić information content (AvgIpc) is 3.20. The number of pyridine rings is 1. The van der Waals surface area contributed by atoms with Crippen LogP contribution in [0.4, 0.5) is 11.5 Å². The number of carbonyl (C=O) groups excluding carboxylic acids is 1. The van der Waals surface area contributed by atoms with Crippen LogP contribution in [0.15, 0.2) is 65.8 Å². The van der Waals surface area contributed by atoms with Crippen LogP contribution in [0.5, 0.6) is 0 Å². The van der Waals surface area contributed by atoms with Crippen LogP contribution >= 0.6 is 23.2 Å². The topological polar surface area (TPSA) is 83.6 Å². The largest absolute Gasteiger partial charge is 0.355 e. The zero-order chi connectivity index (χ0) is 22.9. The molecule has 2 atom stereocenters. The van der Waals surface area contributed by atoms with Crippen molar-refractivity contribution in [3.8, 4) is 0 Å². The lowest BCUT2D eigenvalue weighted by atomic mass is 10.0. The summed E-state index contributed by atoms with van der Waals surface area (Å²) in [4.78, 5) is 24.8. The summed E-state index contributed by atoms with van der Waals surface area (Å²) in [5.41, 5.74) is 9.82. The fourth-order valence-corrected chi connectivity index (χ4v) is 4.66. The van der Waals surface area contributed by atoms with E-state index in [0.717, 1.165) is 42.0 Å². The lowest BCUT2D eigenvalue weighted by molar-refractivity contribution is -0.117. The maximum absolute atomic E-state index is 13.1. The first-order valence-corrected chi connectivity index (χ1v) is 11.6. The van der Waals surface area contributed by atoms with Crippen molar-refractivity contribution >= 4 is 46.3 Å². The molecular weight excluding hydrogens is 457 g/mol. The van der Waals surface area contributed by atoms with Gasteiger partial charge in [0.05, 0.1) is 11.4 Å². The van der Waals surface area contributed by atoms with Crippen molar-refractivity contribution in [1.29, 1.82) is 0 Å². The summed E-state index contributed by atoms with van der Waals surface area (Å²) < 4.78 is 0. The van der Waals surface area contributed by atoms with Crippen molar-refractivity contribution in [2.24, 2.45) is 10.7 Å². The minimum atomic E-state index is -0.651. The third-order valence-electron chi connectivity index (χ3n) is 6.02. The Morgan fingerprint density at radius 3 is 2.70 bits per heavy atom. The summed E-state index contributed by atoms with van der Waals surface area (Å²) >= 11 is 12.7. The highest BCUT2D eigenvalue weighted by Gasteiger charge is 2.27. The molecular formula is C25H23Cl2N5O. The fourth-order valence-electron chi connectivity index (χ4n) is 4.27. The summed E-state index contributed by atoms with van der Waals surface area (Å²) in [6, 6.07) is 16.4. The number of nitrogens with zero attached hydrogens (tertiary/aromatic N) is 3. The molecule has 8 heteroatoms. The predicted octanol–water partition coefficient (Wildman–Crippen LogP) is 4.33. The Balaban J connectivity index is 1.54. The molecule has 5 rings (SSSR count). The maximum Gasteiger partial charge on any atom is 0.249 e. The SMILES string of the molecule is NC1CCN(c2ccc(C3=NC(Cc4ccccc4Cl)C(=O)Nc4ccc(Cl)cc43)cn2)C1. The fraction of sp³-hybridized carbons (Fsp3) is 0.240. The Bertz CT molecular complexity index is 1230. The van der Waals surface area contributed by atoms with Crippen molar-refractivity contribution in [1.82, 2.24) is 4.98 Å². The lowest BCUT2D eigenvalue weighted by Gasteiger charge is -2.17. The molecule has 168 valence electrons. The van der Waals surface area contributed by atoms with Gasteiger partial charge < -0.3 is 16.0 Å². The van der Waals surface area contributed by atoms with Gasteiger partial charge in [0.15, 0.2) is 0 Å². The quantitative estimate of drug-likeness (QED) is 0.583. The zero-order valence-corrected chi connectivity index (χ0v) is 19.4. The lowest BCUT2D eigenvalue weighted by Crippen LogP contribution is -2.27. The van der Waals surface area contributed by atoms with E-state index in [1.54, 1.807) is 18.3 Å². The van der Waals surface area contributed by atoms with E-state index in [4.69, 9.17) is 33.9 Å². The normalized spacial score (nSPS) is 20.2. The number of hydrogen-bond acceptors (Lipinski definition) is 5. The van der Waals surface area contributed by atoms with Gasteiger partial charge in [-0.3, -0.25) is 9.79 Å². The second-order valence-corrected chi connectivity index (χ2v) is 9.21. The molecule has 3 heterocycles. The number of halogens is 2. The van der Waals surface area contributed by atoms with Crippen LogP contribution in [-0.2, 0) is 11.2 Å². The summed E-state index contributed by atoms with van der Waals surface area (Å²) in [5.74, 6) is 0.693. The zero-order valence-electron chi connectivity index (χ0n) is 17.8. The average molecular weight is 480 g/mol. The van der Waals surface area contributed by atoms with Crippen LogP contribution in [0.1, 0.15) is 23.1 Å². The van der Waals surface area contributed by atoms with Gasteiger partial charge in [-0.1, -0.05) is 41.4 Å². The smallest absolute Gasteiger partial charge is 0.249 e. The third kappa shape index (κ3) is 4.60. The molecule has 3 aromatic rings. The minimum absolute atomic E-state index is 0.175. The molecule has 2 unspecified atom stereocenters. The summed E-state index contributed by atoms with van der Waals surface area (Å²) in [6.07, 6.45) is 3.14. The van der Waals surface area contributed by atoms with Crippen molar-refractivity contribution in [3.63, 3.8) is 0 Å². The van der Waals surface area contributed by atoms with Crippen LogP contribution in [0, 0.1) is 0 Å². The number of nitrogens with two attached hydrogens (primary N) is 1. The van der Waals surface area contributed by atoms with Gasteiger partial charge in [0.25, 0.3) is 0 Å². The molecule has 33 heavy (non-hydrogen) atoms. The predicted molar refractivity (Wildman–Crippen MR) is 134 cm³/mol. The van der Waals surface area contributed by atoms with E-state index >= 15 is 0 Å². The monoisotopic (exact) mass is 479 g/mol. The number of benzene rings is 2. The number of fused-ring (bicyclic) bond motifs is 1. The Morgan fingerprint density at radius 1 is 1.12 bits per heavy atom. The van der Waals surface area contributed by atoms with E-state index in [2.05, 4.69) is 15.2 Å². The van der Waals surface area contributed by atoms with Gasteiger partial charge in [0.1, 0.15) is 11.9 Å². The molecule has 0 spiro atoms. The number of nitrogens with one attached hydrogen (secondary N) is 1. The van der Waals surface area contributed by atoms with Gasteiger partial charge in [-0.15, -0.1) is 0 Å². The van der Waals surface area contributed by atoms with E-state index < -0.39 is 6.04 Å². The number of aromatic nitrogens is 1. The molecule has 1 amide bonds. The first kappa shape index (κ1) is 21.9. The van der Waals surface area contributed by atoms with Crippen molar-refractivity contribution < 1.29 is 4.79 Å². The van der Waals surface area contributed by atoms with Crippen LogP contribution in [0.25, 0.3) is 0 Å². The minimum Gasteiger partial charge on any atom is -0.355 e. The number of aliphatic imine (C=N–C) groups is 1. The van der Waals surface area contributed by atoms with Crippen molar-refractivity contribution in [3.05, 3.63) is 87.5 Å². The second kappa shape index (κ2) is 9.14. The maximum atomic E-state index is 13.1. The van der Waals surface area contributed by atoms with Crippen LogP contribution in [0.2, 0.25) is 10.0 Å². The number of carbonyl (C=O) groups is 1. The number of amides is 1. The van der Waals surface area contributed by atoms with Crippen molar-refractivity contribution in [2.75, 3.05) is 23.3 Å². The van der Waals surface area contributed by atoms with E-state index in [-0.39, 0.29) is 11.9 Å². The van der Waals surface area contributed by atoms with Gasteiger partial charge in [-0.25, -0.2) is 4.98 Å². The van der Waals surface area contributed by atoms with E-state index in [0.29, 0.717) is 27.9 Å². The molecule has 2 aromatic carbocycles. The van der Waals surface area contributed by atoms with Crippen LogP contribution < -0.4 is 16.0 Å². The Labute approximate surface area is 202 Å². The Hall–Kier alpha value is -2.93. The van der Waals surface area contributed by atoms with Gasteiger partial charge in [0.2, 0.25) is 5.91 Å². The number of benzodiazepines with no additional fused rings is 1. The van der Waals surface area contributed by atoms with Gasteiger partial charge in [-0.2, -0.15) is 0 Å². The van der Waals surface area contributed by atoms with E-state index in [1.165, 1.54) is 0 Å². The Kier molecular flexibility index (Phi) is 6.06. The van der Waals surface area contributed by atoms with E-state index in [1.807, 2.05) is 42.5 Å². The summed E-state index contributed by atoms with van der Waals surface area (Å²) in [7, 11) is 0. The molecule has 2 aliphatic rings. The summed E-state index contributed by atoms with van der Waals surface area (Å²) in [6.45, 7) is 1.69. The summed E-state index contributed by atoms with van der Waals surface area (Å²) in [5, 5.41) is 4.18. The second-order valence-electron chi connectivity index (χ2n) is 8.37. The van der Waals surface area contributed by atoms with Crippen molar-refractivity contribution in [2.45, 2.75) is 24.9 Å². The molecule has 6 nitrogen and oxygen atoms in total. The molecule has 1 saturated heterocycles. The van der Waals surface area contributed by atoms with Crippen LogP contribution in [0.3, 0.4) is 0 Å². The highest BCUT2D eigenvalue weighted by Crippen LogP contribution is 2.29. The molecule has 1 fully saturated rings. The molecule has 0 aliphatic carbocycles. The highest BCUT2D eigenvalue weighted by atomic mass is 35.5. The third-order valence-corrected chi connectivity index (χ3v) is 6.63. The molecule has 0 bridgehead atoms. The molecule has 1 aromatic heterocycles. The molecule has 2 aliphatic heterocycles. The van der Waals surface area contributed by atoms with Gasteiger partial charge >= 0.3 is 0 Å².